The lowest BCUT2D eigenvalue weighted by Gasteiger charge is -2.19. The molecule has 0 unspecified atom stereocenters. The third kappa shape index (κ3) is 2.38. The standard InChI is InChI=1S/C16H9N3O4/c20-16-14-10(6-11(17-21)8-13(14)18-22)7-12(15(16)19-23)9-4-2-1-3-5-9/h1-6,8H,7H2. The van der Waals surface area contributed by atoms with Gasteiger partial charge in [0.05, 0.1) is 5.56 Å². The van der Waals surface area contributed by atoms with E-state index in [0.29, 0.717) is 16.7 Å². The summed E-state index contributed by atoms with van der Waals surface area (Å²) in [6, 6.07) is 11.4. The van der Waals surface area contributed by atoms with E-state index in [1.54, 1.807) is 30.3 Å². The largest absolute Gasteiger partial charge is 0.287 e. The van der Waals surface area contributed by atoms with Crippen LogP contribution in [-0.2, 0) is 6.42 Å². The Hall–Kier alpha value is -3.35. The maximum absolute atomic E-state index is 12.6. The van der Waals surface area contributed by atoms with Crippen LogP contribution in [-0.4, -0.2) is 5.78 Å². The van der Waals surface area contributed by atoms with E-state index in [9.17, 15) is 19.5 Å². The molecule has 0 heterocycles. The van der Waals surface area contributed by atoms with Crippen LogP contribution in [0.1, 0.15) is 21.5 Å². The normalized spacial score (nSPS) is 13.5. The second-order valence-electron chi connectivity index (χ2n) is 4.97. The summed E-state index contributed by atoms with van der Waals surface area (Å²) in [6.45, 7) is 0. The lowest BCUT2D eigenvalue weighted by Crippen LogP contribution is -2.15. The molecular weight excluding hydrogens is 298 g/mol. The van der Waals surface area contributed by atoms with Gasteiger partial charge in [0.25, 0.3) is 0 Å². The molecule has 1 aliphatic rings. The minimum atomic E-state index is -0.674. The Morgan fingerprint density at radius 1 is 0.870 bits per heavy atom. The zero-order valence-corrected chi connectivity index (χ0v) is 11.7. The highest BCUT2D eigenvalue weighted by atomic mass is 16.3. The molecule has 112 valence electrons. The zero-order valence-electron chi connectivity index (χ0n) is 11.7. The van der Waals surface area contributed by atoms with Gasteiger partial charge < -0.3 is 0 Å². The van der Waals surface area contributed by atoms with Crippen molar-refractivity contribution < 1.29 is 4.79 Å². The molecule has 7 heteroatoms. The van der Waals surface area contributed by atoms with E-state index in [0.717, 1.165) is 6.07 Å². The van der Waals surface area contributed by atoms with Crippen molar-refractivity contribution in [2.45, 2.75) is 6.42 Å². The van der Waals surface area contributed by atoms with Crippen molar-refractivity contribution in [3.8, 4) is 0 Å². The number of benzene rings is 2. The van der Waals surface area contributed by atoms with Crippen molar-refractivity contribution in [1.29, 1.82) is 0 Å². The molecule has 0 aliphatic heterocycles. The predicted molar refractivity (Wildman–Crippen MR) is 84.5 cm³/mol. The van der Waals surface area contributed by atoms with Crippen molar-refractivity contribution >= 4 is 22.7 Å². The summed E-state index contributed by atoms with van der Waals surface area (Å²) < 4.78 is 0. The smallest absolute Gasteiger partial charge is 0.217 e. The molecule has 0 fully saturated rings. The van der Waals surface area contributed by atoms with Gasteiger partial charge in [-0.1, -0.05) is 30.3 Å². The molecule has 3 rings (SSSR count). The number of carbonyl (C=O) groups is 1. The summed E-state index contributed by atoms with van der Waals surface area (Å²) in [5.41, 5.74) is 1.08. The van der Waals surface area contributed by atoms with Gasteiger partial charge in [0.2, 0.25) is 5.78 Å². The van der Waals surface area contributed by atoms with Crippen LogP contribution in [0.25, 0.3) is 5.57 Å². The van der Waals surface area contributed by atoms with E-state index in [4.69, 9.17) is 0 Å². The van der Waals surface area contributed by atoms with Crippen LogP contribution in [0.3, 0.4) is 0 Å². The van der Waals surface area contributed by atoms with E-state index in [-0.39, 0.29) is 29.1 Å². The van der Waals surface area contributed by atoms with E-state index >= 15 is 0 Å². The molecule has 0 amide bonds. The maximum Gasteiger partial charge on any atom is 0.217 e. The highest BCUT2D eigenvalue weighted by Crippen LogP contribution is 2.39. The second-order valence-corrected chi connectivity index (χ2v) is 4.97. The number of hydrogen-bond acceptors (Lipinski definition) is 7. The van der Waals surface area contributed by atoms with Gasteiger partial charge in [-0.2, -0.15) is 0 Å². The van der Waals surface area contributed by atoms with Crippen molar-refractivity contribution in [2.75, 3.05) is 0 Å². The van der Waals surface area contributed by atoms with Gasteiger partial charge in [-0.15, -0.1) is 14.7 Å². The molecule has 1 aliphatic carbocycles. The average molecular weight is 307 g/mol. The Labute approximate surface area is 129 Å². The van der Waals surface area contributed by atoms with E-state index in [2.05, 4.69) is 15.5 Å². The van der Waals surface area contributed by atoms with Crippen LogP contribution in [0.2, 0.25) is 0 Å². The first-order valence-corrected chi connectivity index (χ1v) is 6.70. The van der Waals surface area contributed by atoms with Crippen molar-refractivity contribution in [3.05, 3.63) is 79.6 Å². The van der Waals surface area contributed by atoms with E-state index in [1.165, 1.54) is 6.07 Å². The van der Waals surface area contributed by atoms with Crippen LogP contribution < -0.4 is 0 Å². The van der Waals surface area contributed by atoms with Gasteiger partial charge in [0.15, 0.2) is 5.70 Å². The van der Waals surface area contributed by atoms with Crippen LogP contribution >= 0.6 is 0 Å². The SMILES string of the molecule is O=NC1=C(c2ccccc2)Cc2cc(N=O)cc(N=O)c2C1=O. The van der Waals surface area contributed by atoms with Crippen molar-refractivity contribution in [1.82, 2.24) is 0 Å². The summed E-state index contributed by atoms with van der Waals surface area (Å²) in [6.07, 6.45) is 0.179. The number of nitroso groups, excluding NO2 is 3. The number of nitrogens with zero attached hydrogens (tertiary/aromatic N) is 3. The Morgan fingerprint density at radius 3 is 2.22 bits per heavy atom. The molecular formula is C16H9N3O4. The topological polar surface area (TPSA) is 105 Å². The zero-order chi connectivity index (χ0) is 16.4. The third-order valence-electron chi connectivity index (χ3n) is 3.70. The van der Waals surface area contributed by atoms with Gasteiger partial charge in [-0.05, 0) is 44.4 Å². The molecule has 0 bridgehead atoms. The Kier molecular flexibility index (Phi) is 3.68. The Bertz CT molecular complexity index is 872. The van der Waals surface area contributed by atoms with Crippen LogP contribution in [0.4, 0.5) is 11.4 Å². The fourth-order valence-electron chi connectivity index (χ4n) is 2.70. The molecule has 0 spiro atoms. The molecule has 0 N–H and O–H groups in total. The number of hydrogen-bond donors (Lipinski definition) is 0. The molecule has 0 radical (unpaired) electrons. The number of Topliss-reactive ketones (excluding diaryl/α,β-unsaturated/α-hetero) is 1. The molecule has 7 nitrogen and oxygen atoms in total. The summed E-state index contributed by atoms with van der Waals surface area (Å²) in [7, 11) is 0. The minimum Gasteiger partial charge on any atom is -0.287 e. The number of rotatable bonds is 4. The molecule has 0 saturated heterocycles. The first-order valence-electron chi connectivity index (χ1n) is 6.70. The van der Waals surface area contributed by atoms with Crippen molar-refractivity contribution in [2.24, 2.45) is 15.5 Å². The van der Waals surface area contributed by atoms with Crippen LogP contribution in [0.5, 0.6) is 0 Å². The van der Waals surface area contributed by atoms with E-state index in [1.807, 2.05) is 0 Å². The lowest BCUT2D eigenvalue weighted by atomic mass is 9.84. The van der Waals surface area contributed by atoms with Gasteiger partial charge in [0.1, 0.15) is 11.4 Å². The molecule has 0 aromatic heterocycles. The quantitative estimate of drug-likeness (QED) is 0.780. The van der Waals surface area contributed by atoms with Gasteiger partial charge in [-0.25, -0.2) is 0 Å². The van der Waals surface area contributed by atoms with Crippen molar-refractivity contribution in [3.63, 3.8) is 0 Å². The van der Waals surface area contributed by atoms with Gasteiger partial charge in [0, 0.05) is 6.42 Å². The fraction of sp³-hybridized carbons (Fsp3) is 0.0625. The highest BCUT2D eigenvalue weighted by molar-refractivity contribution is 6.18. The molecule has 0 atom stereocenters. The minimum absolute atomic E-state index is 0.000994. The molecule has 2 aromatic carbocycles. The van der Waals surface area contributed by atoms with Gasteiger partial charge in [-0.3, -0.25) is 4.79 Å². The fourth-order valence-corrected chi connectivity index (χ4v) is 2.70. The van der Waals surface area contributed by atoms with Gasteiger partial charge >= 0.3 is 0 Å². The summed E-state index contributed by atoms with van der Waals surface area (Å²) in [4.78, 5) is 45.5. The number of fused-ring (bicyclic) bond motifs is 1. The van der Waals surface area contributed by atoms with Crippen LogP contribution in [0, 0.1) is 14.7 Å². The first kappa shape index (κ1) is 14.6. The summed E-state index contributed by atoms with van der Waals surface area (Å²) in [5.74, 6) is -0.674. The lowest BCUT2D eigenvalue weighted by molar-refractivity contribution is 0.103. The third-order valence-corrected chi connectivity index (χ3v) is 3.70. The number of allylic oxidation sites excluding steroid dienone is 2. The Balaban J connectivity index is 2.25. The summed E-state index contributed by atoms with van der Waals surface area (Å²) >= 11 is 0. The predicted octanol–water partition coefficient (Wildman–Crippen LogP) is 4.40. The second kappa shape index (κ2) is 5.80. The number of ketones is 1. The Morgan fingerprint density at radius 2 is 1.61 bits per heavy atom. The van der Waals surface area contributed by atoms with E-state index < -0.39 is 5.78 Å². The molecule has 23 heavy (non-hydrogen) atoms. The molecule has 0 saturated carbocycles. The van der Waals surface area contributed by atoms with Crippen LogP contribution in [0.15, 0.2) is 63.7 Å². The summed E-state index contributed by atoms with van der Waals surface area (Å²) in [5, 5.41) is 8.42. The monoisotopic (exact) mass is 307 g/mol. The average Bonchev–Trinajstić information content (AvgIpc) is 2.61. The number of carbonyl (C=O) groups excluding carboxylic acids is 1. The molecule has 2 aromatic rings. The maximum atomic E-state index is 12.6. The first-order chi connectivity index (χ1) is 11.2. The highest BCUT2D eigenvalue weighted by Gasteiger charge is 2.31.